The van der Waals surface area contributed by atoms with Gasteiger partial charge in [0.15, 0.2) is 0 Å². The van der Waals surface area contributed by atoms with E-state index in [9.17, 15) is 4.39 Å². The van der Waals surface area contributed by atoms with Crippen LogP contribution in [0.1, 0.15) is 0 Å². The summed E-state index contributed by atoms with van der Waals surface area (Å²) in [6.07, 6.45) is 0. The molecule has 2 heterocycles. The van der Waals surface area contributed by atoms with Crippen LogP contribution in [0.3, 0.4) is 0 Å². The van der Waals surface area contributed by atoms with Gasteiger partial charge in [-0.2, -0.15) is 15.0 Å². The first-order chi connectivity index (χ1) is 13.3. The molecule has 0 aliphatic carbocycles. The summed E-state index contributed by atoms with van der Waals surface area (Å²) in [6, 6.07) is 15.7. The minimum absolute atomic E-state index is 0. The lowest BCUT2D eigenvalue weighted by Gasteiger charge is -2.27. The quantitative estimate of drug-likeness (QED) is 0.673. The van der Waals surface area contributed by atoms with Gasteiger partial charge in [0, 0.05) is 24.5 Å². The van der Waals surface area contributed by atoms with Crippen molar-refractivity contribution in [2.75, 3.05) is 41.8 Å². The van der Waals surface area contributed by atoms with Gasteiger partial charge in [-0.05, 0) is 36.4 Å². The van der Waals surface area contributed by atoms with E-state index in [0.29, 0.717) is 49.8 Å². The van der Waals surface area contributed by atoms with E-state index < -0.39 is 0 Å². The number of rotatable bonds is 5. The van der Waals surface area contributed by atoms with E-state index in [-0.39, 0.29) is 18.2 Å². The maximum atomic E-state index is 13.1. The minimum atomic E-state index is -0.295. The molecule has 1 aliphatic rings. The van der Waals surface area contributed by atoms with Crippen molar-refractivity contribution in [1.29, 1.82) is 0 Å². The van der Waals surface area contributed by atoms with Crippen LogP contribution in [0, 0.1) is 5.82 Å². The summed E-state index contributed by atoms with van der Waals surface area (Å²) in [5.74, 6) is 1.09. The molecule has 1 aliphatic heterocycles. The Morgan fingerprint density at radius 2 is 1.36 bits per heavy atom. The third kappa shape index (κ3) is 5.05. The number of aromatic nitrogens is 3. The van der Waals surface area contributed by atoms with Gasteiger partial charge < -0.3 is 20.3 Å². The number of nitrogens with zero attached hydrogens (tertiary/aromatic N) is 4. The summed E-state index contributed by atoms with van der Waals surface area (Å²) >= 11 is 0. The smallest absolute Gasteiger partial charge is 0.233 e. The van der Waals surface area contributed by atoms with Gasteiger partial charge >= 0.3 is 0 Å². The normalized spacial score (nSPS) is 13.5. The highest BCUT2D eigenvalue weighted by molar-refractivity contribution is 5.85. The zero-order chi connectivity index (χ0) is 18.5. The van der Waals surface area contributed by atoms with Crippen LogP contribution in [-0.4, -0.2) is 41.3 Å². The summed E-state index contributed by atoms with van der Waals surface area (Å²) in [5, 5.41) is 6.31. The molecule has 28 heavy (non-hydrogen) atoms. The molecule has 0 saturated carbocycles. The number of nitrogens with one attached hydrogen (secondary N) is 2. The maximum Gasteiger partial charge on any atom is 0.233 e. The molecular weight excluding hydrogens is 383 g/mol. The highest BCUT2D eigenvalue weighted by Gasteiger charge is 2.17. The van der Waals surface area contributed by atoms with Crippen LogP contribution in [0.25, 0.3) is 0 Å². The van der Waals surface area contributed by atoms with Gasteiger partial charge in [-0.15, -0.1) is 12.4 Å². The van der Waals surface area contributed by atoms with Crippen molar-refractivity contribution in [3.8, 4) is 0 Å². The summed E-state index contributed by atoms with van der Waals surface area (Å²) in [4.78, 5) is 15.6. The van der Waals surface area contributed by atoms with Crippen LogP contribution in [0.4, 0.5) is 33.6 Å². The van der Waals surface area contributed by atoms with Gasteiger partial charge in [0.2, 0.25) is 17.8 Å². The molecule has 4 rings (SSSR count). The van der Waals surface area contributed by atoms with E-state index in [1.807, 2.05) is 30.3 Å². The number of hydrogen-bond donors (Lipinski definition) is 2. The largest absolute Gasteiger partial charge is 0.378 e. The van der Waals surface area contributed by atoms with Gasteiger partial charge in [-0.3, -0.25) is 0 Å². The first kappa shape index (κ1) is 19.8. The van der Waals surface area contributed by atoms with E-state index >= 15 is 0 Å². The maximum absolute atomic E-state index is 13.1. The Morgan fingerprint density at radius 3 is 1.96 bits per heavy atom. The molecule has 3 aromatic rings. The van der Waals surface area contributed by atoms with Crippen LogP contribution in [-0.2, 0) is 4.74 Å². The first-order valence-electron chi connectivity index (χ1n) is 8.70. The Labute approximate surface area is 168 Å². The Bertz CT molecular complexity index is 891. The van der Waals surface area contributed by atoms with Gasteiger partial charge in [-0.1, -0.05) is 18.2 Å². The highest BCUT2D eigenvalue weighted by Crippen LogP contribution is 2.21. The zero-order valence-corrected chi connectivity index (χ0v) is 15.8. The molecule has 0 atom stereocenters. The molecule has 1 aromatic heterocycles. The molecule has 7 nitrogen and oxygen atoms in total. The monoisotopic (exact) mass is 402 g/mol. The third-order valence-electron chi connectivity index (χ3n) is 4.05. The standard InChI is InChI=1S/C19H19FN6O.ClH/c20-14-6-8-16(9-7-14)22-18-23-17(21-15-4-2-1-3-5-15)24-19(25-18)26-10-12-27-13-11-26;/h1-9H,10-13H2,(H2,21,22,23,24,25);1H. The molecule has 2 N–H and O–H groups in total. The molecule has 2 aromatic carbocycles. The van der Waals surface area contributed by atoms with Crippen LogP contribution in [0.5, 0.6) is 0 Å². The molecule has 0 radical (unpaired) electrons. The summed E-state index contributed by atoms with van der Waals surface area (Å²) in [6.45, 7) is 2.69. The highest BCUT2D eigenvalue weighted by atomic mass is 35.5. The van der Waals surface area contributed by atoms with Gasteiger partial charge in [-0.25, -0.2) is 4.39 Å². The number of benzene rings is 2. The zero-order valence-electron chi connectivity index (χ0n) is 15.0. The number of morpholine rings is 1. The second-order valence-corrected chi connectivity index (χ2v) is 6.00. The van der Waals surface area contributed by atoms with Crippen molar-refractivity contribution < 1.29 is 9.13 Å². The van der Waals surface area contributed by atoms with Crippen LogP contribution in [0.15, 0.2) is 54.6 Å². The van der Waals surface area contributed by atoms with Gasteiger partial charge in [0.1, 0.15) is 5.82 Å². The van der Waals surface area contributed by atoms with Crippen molar-refractivity contribution in [1.82, 2.24) is 15.0 Å². The average Bonchev–Trinajstić information content (AvgIpc) is 2.71. The lowest BCUT2D eigenvalue weighted by Crippen LogP contribution is -2.37. The fraction of sp³-hybridized carbons (Fsp3) is 0.211. The van der Waals surface area contributed by atoms with Crippen LogP contribution < -0.4 is 15.5 Å². The Hall–Kier alpha value is -2.97. The summed E-state index contributed by atoms with van der Waals surface area (Å²) < 4.78 is 18.5. The van der Waals surface area contributed by atoms with Gasteiger partial charge in [0.05, 0.1) is 13.2 Å². The fourth-order valence-electron chi connectivity index (χ4n) is 2.69. The van der Waals surface area contributed by atoms with Crippen molar-refractivity contribution >= 4 is 41.6 Å². The number of ether oxygens (including phenoxy) is 1. The predicted octanol–water partition coefficient (Wildman–Crippen LogP) is 3.76. The van der Waals surface area contributed by atoms with E-state index in [1.165, 1.54) is 12.1 Å². The van der Waals surface area contributed by atoms with E-state index in [4.69, 9.17) is 4.74 Å². The number of anilines is 5. The number of hydrogen-bond acceptors (Lipinski definition) is 7. The van der Waals surface area contributed by atoms with Gasteiger partial charge in [0.25, 0.3) is 0 Å². The van der Waals surface area contributed by atoms with E-state index in [2.05, 4.69) is 30.5 Å². The molecule has 0 unspecified atom stereocenters. The number of para-hydroxylation sites is 1. The molecular formula is C19H20ClFN6O. The lowest BCUT2D eigenvalue weighted by molar-refractivity contribution is 0.122. The summed E-state index contributed by atoms with van der Waals surface area (Å²) in [5.41, 5.74) is 1.57. The first-order valence-corrected chi connectivity index (χ1v) is 8.70. The topological polar surface area (TPSA) is 75.2 Å². The second kappa shape index (κ2) is 9.29. The third-order valence-corrected chi connectivity index (χ3v) is 4.05. The Morgan fingerprint density at radius 1 is 0.786 bits per heavy atom. The second-order valence-electron chi connectivity index (χ2n) is 6.00. The fourth-order valence-corrected chi connectivity index (χ4v) is 2.69. The SMILES string of the molecule is Cl.Fc1ccc(Nc2nc(Nc3ccccc3)nc(N3CCOCC3)n2)cc1. The Balaban J connectivity index is 0.00000225. The van der Waals surface area contributed by atoms with E-state index in [1.54, 1.807) is 12.1 Å². The van der Waals surface area contributed by atoms with Crippen molar-refractivity contribution in [3.63, 3.8) is 0 Å². The van der Waals surface area contributed by atoms with Crippen molar-refractivity contribution in [2.24, 2.45) is 0 Å². The molecule has 146 valence electrons. The molecule has 1 saturated heterocycles. The molecule has 0 bridgehead atoms. The Kier molecular flexibility index (Phi) is 6.57. The molecule has 0 spiro atoms. The van der Waals surface area contributed by atoms with E-state index in [0.717, 1.165) is 5.69 Å². The molecule has 9 heteroatoms. The lowest BCUT2D eigenvalue weighted by atomic mass is 10.3. The summed E-state index contributed by atoms with van der Waals surface area (Å²) in [7, 11) is 0. The molecule has 1 fully saturated rings. The number of halogens is 2. The van der Waals surface area contributed by atoms with Crippen molar-refractivity contribution in [2.45, 2.75) is 0 Å². The minimum Gasteiger partial charge on any atom is -0.378 e. The van der Waals surface area contributed by atoms with Crippen LogP contribution >= 0.6 is 12.4 Å². The van der Waals surface area contributed by atoms with Crippen LogP contribution in [0.2, 0.25) is 0 Å². The van der Waals surface area contributed by atoms with Crippen molar-refractivity contribution in [3.05, 3.63) is 60.4 Å². The average molecular weight is 403 g/mol. The molecule has 0 amide bonds. The predicted molar refractivity (Wildman–Crippen MR) is 110 cm³/mol.